The van der Waals surface area contributed by atoms with Gasteiger partial charge in [-0.25, -0.2) is 4.79 Å². The molecule has 1 N–H and O–H groups in total. The Morgan fingerprint density at radius 2 is 1.06 bits per heavy atom. The average molecular weight is 497 g/mol. The van der Waals surface area contributed by atoms with Crippen LogP contribution >= 0.6 is 0 Å². The van der Waals surface area contributed by atoms with Crippen molar-refractivity contribution in [3.63, 3.8) is 0 Å². The molecule has 0 heterocycles. The van der Waals surface area contributed by atoms with Crippen molar-refractivity contribution in [3.8, 4) is 5.75 Å². The second-order valence-corrected chi connectivity index (χ2v) is 10.5. The lowest BCUT2D eigenvalue weighted by molar-refractivity contribution is 0.0497. The molecule has 0 amide bonds. The first-order chi connectivity index (χ1) is 17.7. The molecule has 0 bridgehead atoms. The molecular weight excluding hydrogens is 444 g/mol. The van der Waals surface area contributed by atoms with Crippen molar-refractivity contribution >= 4 is 16.7 Å². The van der Waals surface area contributed by atoms with Crippen LogP contribution in [0.2, 0.25) is 0 Å². The van der Waals surface area contributed by atoms with E-state index in [0.29, 0.717) is 6.61 Å². The van der Waals surface area contributed by atoms with Gasteiger partial charge in [0.15, 0.2) is 0 Å². The number of carbonyl (C=O) groups is 1. The zero-order valence-electron chi connectivity index (χ0n) is 23.1. The van der Waals surface area contributed by atoms with E-state index in [1.807, 2.05) is 30.3 Å². The number of phenols is 1. The molecule has 0 unspecified atom stereocenters. The summed E-state index contributed by atoms with van der Waals surface area (Å²) < 4.78 is 5.46. The predicted molar refractivity (Wildman–Crippen MR) is 154 cm³/mol. The summed E-state index contributed by atoms with van der Waals surface area (Å²) >= 11 is 0. The van der Waals surface area contributed by atoms with E-state index in [1.165, 1.54) is 116 Å². The Morgan fingerprint density at radius 1 is 0.611 bits per heavy atom. The van der Waals surface area contributed by atoms with Gasteiger partial charge in [-0.3, -0.25) is 0 Å². The molecule has 0 saturated carbocycles. The molecule has 0 aliphatic rings. The lowest BCUT2D eigenvalue weighted by Gasteiger charge is -2.09. The summed E-state index contributed by atoms with van der Waals surface area (Å²) in [5.74, 6) is -0.440. The molecule has 2 rings (SSSR count). The number of carbonyl (C=O) groups excluding carboxylic acids is 1. The summed E-state index contributed by atoms with van der Waals surface area (Å²) in [6.45, 7) is 2.70. The molecule has 0 spiro atoms. The molecule has 0 radical (unpaired) electrons. The maximum absolute atomic E-state index is 12.5. The molecule has 0 fully saturated rings. The van der Waals surface area contributed by atoms with Crippen LogP contribution in [0.25, 0.3) is 10.8 Å². The first-order valence-electron chi connectivity index (χ1n) is 15.1. The Morgan fingerprint density at radius 3 is 1.56 bits per heavy atom. The van der Waals surface area contributed by atoms with Crippen LogP contribution in [0.4, 0.5) is 0 Å². The van der Waals surface area contributed by atoms with Crippen molar-refractivity contribution in [2.75, 3.05) is 6.61 Å². The van der Waals surface area contributed by atoms with Crippen LogP contribution < -0.4 is 0 Å². The van der Waals surface area contributed by atoms with Crippen molar-refractivity contribution in [1.82, 2.24) is 0 Å². The predicted octanol–water partition coefficient (Wildman–Crippen LogP) is 10.5. The fourth-order valence-corrected chi connectivity index (χ4v) is 5.07. The van der Waals surface area contributed by atoms with E-state index in [4.69, 9.17) is 4.74 Å². The normalized spacial score (nSPS) is 11.2. The molecule has 0 aliphatic carbocycles. The van der Waals surface area contributed by atoms with Crippen LogP contribution in [0.15, 0.2) is 36.4 Å². The van der Waals surface area contributed by atoms with E-state index in [0.717, 1.165) is 23.6 Å². The molecule has 2 aromatic carbocycles. The monoisotopic (exact) mass is 496 g/mol. The van der Waals surface area contributed by atoms with Gasteiger partial charge in [-0.05, 0) is 23.3 Å². The lowest BCUT2D eigenvalue weighted by atomic mass is 10.0. The van der Waals surface area contributed by atoms with E-state index in [1.54, 1.807) is 6.07 Å². The molecule has 0 atom stereocenters. The van der Waals surface area contributed by atoms with Gasteiger partial charge in [0, 0.05) is 0 Å². The van der Waals surface area contributed by atoms with E-state index in [2.05, 4.69) is 6.92 Å². The highest BCUT2D eigenvalue weighted by molar-refractivity contribution is 6.06. The quantitative estimate of drug-likeness (QED) is 0.130. The van der Waals surface area contributed by atoms with Gasteiger partial charge < -0.3 is 9.84 Å². The Hall–Kier alpha value is -2.03. The molecule has 0 aromatic heterocycles. The Labute approximate surface area is 221 Å². The van der Waals surface area contributed by atoms with E-state index >= 15 is 0 Å². The van der Waals surface area contributed by atoms with Crippen molar-refractivity contribution in [3.05, 3.63) is 42.0 Å². The molecule has 3 nitrogen and oxygen atoms in total. The average Bonchev–Trinajstić information content (AvgIpc) is 2.89. The molecular formula is C33H52O3. The van der Waals surface area contributed by atoms with E-state index in [9.17, 15) is 9.90 Å². The van der Waals surface area contributed by atoms with Crippen LogP contribution in [0.1, 0.15) is 146 Å². The number of unbranched alkanes of at least 4 members (excludes halogenated alkanes) is 19. The maximum atomic E-state index is 12.5. The number of hydrogen-bond acceptors (Lipinski definition) is 3. The van der Waals surface area contributed by atoms with Crippen molar-refractivity contribution < 1.29 is 14.6 Å². The van der Waals surface area contributed by atoms with Crippen molar-refractivity contribution in [2.24, 2.45) is 0 Å². The standard InChI is InChI=1S/C33H52O3/c1-2-3-4-5-6-7-8-9-10-11-12-13-14-15-16-17-18-19-20-23-28-36-33(35)32-30-25-22-21-24-29(30)26-27-31(32)34/h21-22,24-27,34H,2-20,23,28H2,1H3. The molecule has 2 aromatic rings. The van der Waals surface area contributed by atoms with Crippen LogP contribution in [0.5, 0.6) is 5.75 Å². The van der Waals surface area contributed by atoms with Crippen molar-refractivity contribution in [1.29, 1.82) is 0 Å². The fourth-order valence-electron chi connectivity index (χ4n) is 5.07. The highest BCUT2D eigenvalue weighted by Gasteiger charge is 2.16. The Kier molecular flexibility index (Phi) is 16.8. The van der Waals surface area contributed by atoms with Crippen LogP contribution in [0, 0.1) is 0 Å². The molecule has 0 aliphatic heterocycles. The third-order valence-corrected chi connectivity index (χ3v) is 7.34. The summed E-state index contributed by atoms with van der Waals surface area (Å²) in [6.07, 6.45) is 27.0. The third-order valence-electron chi connectivity index (χ3n) is 7.34. The summed E-state index contributed by atoms with van der Waals surface area (Å²) in [5, 5.41) is 11.8. The van der Waals surface area contributed by atoms with Gasteiger partial charge >= 0.3 is 5.97 Å². The summed E-state index contributed by atoms with van der Waals surface area (Å²) in [5.41, 5.74) is 0.279. The van der Waals surface area contributed by atoms with Gasteiger partial charge in [-0.2, -0.15) is 0 Å². The second-order valence-electron chi connectivity index (χ2n) is 10.5. The lowest BCUT2D eigenvalue weighted by Crippen LogP contribution is -2.07. The third kappa shape index (κ3) is 12.8. The summed E-state index contributed by atoms with van der Waals surface area (Å²) in [4.78, 5) is 12.5. The highest BCUT2D eigenvalue weighted by Crippen LogP contribution is 2.27. The van der Waals surface area contributed by atoms with Gasteiger partial charge in [-0.15, -0.1) is 0 Å². The number of rotatable bonds is 22. The number of ether oxygens (including phenoxy) is 1. The smallest absolute Gasteiger partial charge is 0.342 e. The second kappa shape index (κ2) is 20.1. The largest absolute Gasteiger partial charge is 0.507 e. The highest BCUT2D eigenvalue weighted by atomic mass is 16.5. The number of benzene rings is 2. The first kappa shape index (κ1) is 30.2. The van der Waals surface area contributed by atoms with Gasteiger partial charge in [0.2, 0.25) is 0 Å². The minimum Gasteiger partial charge on any atom is -0.507 e. The van der Waals surface area contributed by atoms with Crippen molar-refractivity contribution in [2.45, 2.75) is 135 Å². The van der Waals surface area contributed by atoms with Crippen LogP contribution in [-0.4, -0.2) is 17.7 Å². The minimum atomic E-state index is -0.429. The fraction of sp³-hybridized carbons (Fsp3) is 0.667. The summed E-state index contributed by atoms with van der Waals surface area (Å²) in [6, 6.07) is 11.0. The Balaban J connectivity index is 1.35. The SMILES string of the molecule is CCCCCCCCCCCCCCCCCCCCCCOC(=O)c1c(O)ccc2ccccc12. The van der Waals surface area contributed by atoms with Crippen LogP contribution in [0.3, 0.4) is 0 Å². The molecule has 3 heteroatoms. The molecule has 0 saturated heterocycles. The summed E-state index contributed by atoms with van der Waals surface area (Å²) in [7, 11) is 0. The molecule has 202 valence electrons. The van der Waals surface area contributed by atoms with Gasteiger partial charge in [0.25, 0.3) is 0 Å². The Bertz CT molecular complexity index is 829. The minimum absolute atomic E-state index is 0.0119. The number of esters is 1. The molecule has 36 heavy (non-hydrogen) atoms. The van der Waals surface area contributed by atoms with Gasteiger partial charge in [0.1, 0.15) is 11.3 Å². The number of fused-ring (bicyclic) bond motifs is 1. The number of phenolic OH excluding ortho intramolecular Hbond substituents is 1. The zero-order chi connectivity index (χ0) is 25.7. The van der Waals surface area contributed by atoms with Crippen LogP contribution in [-0.2, 0) is 4.74 Å². The van der Waals surface area contributed by atoms with E-state index < -0.39 is 5.97 Å². The van der Waals surface area contributed by atoms with Gasteiger partial charge in [0.05, 0.1) is 6.61 Å². The van der Waals surface area contributed by atoms with Gasteiger partial charge in [-0.1, -0.05) is 159 Å². The van der Waals surface area contributed by atoms with E-state index in [-0.39, 0.29) is 11.3 Å². The maximum Gasteiger partial charge on any atom is 0.342 e. The number of aromatic hydroxyl groups is 1. The topological polar surface area (TPSA) is 46.5 Å². The zero-order valence-corrected chi connectivity index (χ0v) is 23.1. The first-order valence-corrected chi connectivity index (χ1v) is 15.1. The number of hydrogen-bond donors (Lipinski definition) is 1.